The van der Waals surface area contributed by atoms with E-state index in [1.165, 1.54) is 36.8 Å². The number of benzene rings is 2. The molecule has 0 atom stereocenters. The lowest BCUT2D eigenvalue weighted by Gasteiger charge is -2.14. The molecule has 3 aromatic rings. The van der Waals surface area contributed by atoms with Crippen LogP contribution < -0.4 is 5.73 Å². The summed E-state index contributed by atoms with van der Waals surface area (Å²) in [7, 11) is 0. The number of nitrogens with two attached hydrogens (primary N) is 1. The lowest BCUT2D eigenvalue weighted by molar-refractivity contribution is 0.600. The van der Waals surface area contributed by atoms with Crippen molar-refractivity contribution < 1.29 is 0 Å². The van der Waals surface area contributed by atoms with Gasteiger partial charge < -0.3 is 5.73 Å². The summed E-state index contributed by atoms with van der Waals surface area (Å²) in [6.45, 7) is 0.680. The van der Waals surface area contributed by atoms with Gasteiger partial charge in [-0.3, -0.25) is 0 Å². The van der Waals surface area contributed by atoms with Gasteiger partial charge in [-0.05, 0) is 66.6 Å². The molecule has 1 aliphatic rings. The summed E-state index contributed by atoms with van der Waals surface area (Å²) in [6.07, 6.45) is 4.93. The Balaban J connectivity index is 1.68. The molecule has 106 valence electrons. The molecular formula is C17H18N4. The van der Waals surface area contributed by atoms with E-state index in [-0.39, 0.29) is 0 Å². The van der Waals surface area contributed by atoms with Crippen molar-refractivity contribution in [3.63, 3.8) is 0 Å². The molecule has 4 rings (SSSR count). The van der Waals surface area contributed by atoms with Gasteiger partial charge in [-0.1, -0.05) is 12.1 Å². The van der Waals surface area contributed by atoms with Gasteiger partial charge in [0.25, 0.3) is 0 Å². The second kappa shape index (κ2) is 4.88. The van der Waals surface area contributed by atoms with Gasteiger partial charge >= 0.3 is 0 Å². The number of aryl methyl sites for hydroxylation is 2. The minimum Gasteiger partial charge on any atom is -0.399 e. The second-order valence-electron chi connectivity index (χ2n) is 5.79. The molecular weight excluding hydrogens is 260 g/mol. The van der Waals surface area contributed by atoms with E-state index in [1.807, 2.05) is 24.3 Å². The molecule has 21 heavy (non-hydrogen) atoms. The predicted octanol–water partition coefficient (Wildman–Crippen LogP) is 2.94. The largest absolute Gasteiger partial charge is 0.399 e. The highest BCUT2D eigenvalue weighted by atomic mass is 15.5. The molecule has 2 aromatic carbocycles. The predicted molar refractivity (Wildman–Crippen MR) is 84.1 cm³/mol. The Bertz CT molecular complexity index is 743. The van der Waals surface area contributed by atoms with Crippen LogP contribution in [0, 0.1) is 0 Å². The zero-order chi connectivity index (χ0) is 14.2. The number of hydrogen-bond acceptors (Lipinski definition) is 3. The third-order valence-electron chi connectivity index (χ3n) is 4.19. The van der Waals surface area contributed by atoms with E-state index >= 15 is 0 Å². The van der Waals surface area contributed by atoms with Gasteiger partial charge in [0, 0.05) is 5.69 Å². The zero-order valence-electron chi connectivity index (χ0n) is 11.9. The Morgan fingerprint density at radius 2 is 1.48 bits per heavy atom. The Morgan fingerprint density at radius 3 is 2.05 bits per heavy atom. The summed E-state index contributed by atoms with van der Waals surface area (Å²) in [4.78, 5) is 1.78. The Kier molecular flexibility index (Phi) is 2.88. The number of nitrogen functional groups attached to an aromatic ring is 1. The molecule has 0 spiro atoms. The number of fused-ring (bicyclic) bond motifs is 2. The molecule has 1 aliphatic carbocycles. The highest BCUT2D eigenvalue weighted by Gasteiger charge is 2.13. The van der Waals surface area contributed by atoms with Crippen LogP contribution in [0.1, 0.15) is 29.5 Å². The summed E-state index contributed by atoms with van der Waals surface area (Å²) in [5.41, 5.74) is 12.6. The SMILES string of the molecule is Nc1ccc(Cn2nc3cc4c(cc3n2)CCCC4)cc1. The van der Waals surface area contributed by atoms with Gasteiger partial charge in [0.1, 0.15) is 11.0 Å². The Labute approximate surface area is 123 Å². The molecule has 4 nitrogen and oxygen atoms in total. The zero-order valence-corrected chi connectivity index (χ0v) is 11.9. The lowest BCUT2D eigenvalue weighted by Crippen LogP contribution is -2.03. The van der Waals surface area contributed by atoms with Crippen LogP contribution in [0.5, 0.6) is 0 Å². The van der Waals surface area contributed by atoms with E-state index in [0.29, 0.717) is 6.54 Å². The van der Waals surface area contributed by atoms with E-state index in [4.69, 9.17) is 5.73 Å². The Morgan fingerprint density at radius 1 is 0.905 bits per heavy atom. The van der Waals surface area contributed by atoms with Crippen LogP contribution in [0.15, 0.2) is 36.4 Å². The minimum atomic E-state index is 0.680. The van der Waals surface area contributed by atoms with Crippen molar-refractivity contribution in [2.45, 2.75) is 32.2 Å². The number of anilines is 1. The number of rotatable bonds is 2. The molecule has 0 aliphatic heterocycles. The number of nitrogens with zero attached hydrogens (tertiary/aromatic N) is 3. The van der Waals surface area contributed by atoms with Crippen LogP contribution >= 0.6 is 0 Å². The maximum atomic E-state index is 5.71. The maximum Gasteiger partial charge on any atom is 0.113 e. The van der Waals surface area contributed by atoms with Crippen LogP contribution in [-0.2, 0) is 19.4 Å². The molecule has 0 saturated heterocycles. The molecule has 0 amide bonds. The number of aromatic nitrogens is 3. The normalized spacial score (nSPS) is 14.3. The molecule has 1 aromatic heterocycles. The van der Waals surface area contributed by atoms with Crippen molar-refractivity contribution in [1.29, 1.82) is 0 Å². The average Bonchev–Trinajstić information content (AvgIpc) is 2.88. The van der Waals surface area contributed by atoms with Crippen molar-refractivity contribution in [2.24, 2.45) is 0 Å². The van der Waals surface area contributed by atoms with E-state index in [1.54, 1.807) is 4.80 Å². The second-order valence-corrected chi connectivity index (χ2v) is 5.79. The third-order valence-corrected chi connectivity index (χ3v) is 4.19. The first-order chi connectivity index (χ1) is 10.3. The van der Waals surface area contributed by atoms with Crippen molar-refractivity contribution in [1.82, 2.24) is 15.0 Å². The summed E-state index contributed by atoms with van der Waals surface area (Å²) in [5.74, 6) is 0. The van der Waals surface area contributed by atoms with Crippen LogP contribution in [0.3, 0.4) is 0 Å². The lowest BCUT2D eigenvalue weighted by atomic mass is 9.91. The topological polar surface area (TPSA) is 56.7 Å². The van der Waals surface area contributed by atoms with Crippen LogP contribution in [0.2, 0.25) is 0 Å². The molecule has 2 N–H and O–H groups in total. The van der Waals surface area contributed by atoms with Crippen molar-refractivity contribution in [3.8, 4) is 0 Å². The standard InChI is InChI=1S/C17H18N4/c18-15-7-5-12(6-8-15)11-21-19-16-9-13-3-1-2-4-14(13)10-17(16)20-21/h5-10H,1-4,11,18H2. The van der Waals surface area contributed by atoms with Crippen LogP contribution in [0.25, 0.3) is 11.0 Å². The molecule has 0 unspecified atom stereocenters. The van der Waals surface area contributed by atoms with Gasteiger partial charge in [0.15, 0.2) is 0 Å². The highest BCUT2D eigenvalue weighted by Crippen LogP contribution is 2.25. The molecule has 0 fully saturated rings. The fourth-order valence-electron chi connectivity index (χ4n) is 3.05. The first-order valence-electron chi connectivity index (χ1n) is 7.49. The molecule has 0 saturated carbocycles. The first kappa shape index (κ1) is 12.4. The van der Waals surface area contributed by atoms with Crippen molar-refractivity contribution >= 4 is 16.7 Å². The summed E-state index contributed by atoms with van der Waals surface area (Å²) in [6, 6.07) is 12.3. The molecule has 0 radical (unpaired) electrons. The van der Waals surface area contributed by atoms with Crippen LogP contribution in [-0.4, -0.2) is 15.0 Å². The fraction of sp³-hybridized carbons (Fsp3) is 0.294. The van der Waals surface area contributed by atoms with E-state index in [9.17, 15) is 0 Å². The monoisotopic (exact) mass is 278 g/mol. The van der Waals surface area contributed by atoms with Crippen molar-refractivity contribution in [3.05, 3.63) is 53.1 Å². The van der Waals surface area contributed by atoms with Crippen LogP contribution in [0.4, 0.5) is 5.69 Å². The summed E-state index contributed by atoms with van der Waals surface area (Å²) >= 11 is 0. The summed E-state index contributed by atoms with van der Waals surface area (Å²) in [5, 5.41) is 9.23. The van der Waals surface area contributed by atoms with Gasteiger partial charge in [0.2, 0.25) is 0 Å². The average molecular weight is 278 g/mol. The molecule has 1 heterocycles. The smallest absolute Gasteiger partial charge is 0.113 e. The minimum absolute atomic E-state index is 0.680. The van der Waals surface area contributed by atoms with Gasteiger partial charge in [0.05, 0.1) is 6.54 Å². The van der Waals surface area contributed by atoms with E-state index in [2.05, 4.69) is 22.3 Å². The van der Waals surface area contributed by atoms with Crippen molar-refractivity contribution in [2.75, 3.05) is 5.73 Å². The maximum absolute atomic E-state index is 5.71. The highest BCUT2D eigenvalue weighted by molar-refractivity contribution is 5.76. The van der Waals surface area contributed by atoms with Gasteiger partial charge in [-0.15, -0.1) is 0 Å². The fourth-order valence-corrected chi connectivity index (χ4v) is 3.05. The Hall–Kier alpha value is -2.36. The summed E-state index contributed by atoms with van der Waals surface area (Å²) < 4.78 is 0. The third kappa shape index (κ3) is 2.37. The van der Waals surface area contributed by atoms with Gasteiger partial charge in [-0.2, -0.15) is 15.0 Å². The van der Waals surface area contributed by atoms with E-state index in [0.717, 1.165) is 22.3 Å². The van der Waals surface area contributed by atoms with E-state index < -0.39 is 0 Å². The molecule has 4 heteroatoms. The first-order valence-corrected chi connectivity index (χ1v) is 7.49. The van der Waals surface area contributed by atoms with Gasteiger partial charge in [-0.25, -0.2) is 0 Å². The quantitative estimate of drug-likeness (QED) is 0.733. The number of hydrogen-bond donors (Lipinski definition) is 1. The molecule has 0 bridgehead atoms.